The van der Waals surface area contributed by atoms with Gasteiger partial charge < -0.3 is 54.0 Å². The predicted octanol–water partition coefficient (Wildman–Crippen LogP) is 2.22. The van der Waals surface area contributed by atoms with Gasteiger partial charge in [0.05, 0.1) is 31.5 Å². The molecule has 0 aromatic carbocycles. The maximum atomic E-state index is 11.7. The van der Waals surface area contributed by atoms with E-state index in [4.69, 9.17) is 32.6 Å². The smallest absolute Gasteiger partial charge is 0.394 e. The molecule has 21 atom stereocenters. The Morgan fingerprint density at radius 2 is 1.64 bits per heavy atom. The van der Waals surface area contributed by atoms with Crippen LogP contribution in [0.1, 0.15) is 92.4 Å². The van der Waals surface area contributed by atoms with Crippen molar-refractivity contribution in [2.75, 3.05) is 13.2 Å². The molecule has 4 heterocycles. The molecule has 0 aromatic heterocycles. The summed E-state index contributed by atoms with van der Waals surface area (Å²) in [5.41, 5.74) is 1.48. The highest BCUT2D eigenvalue weighted by molar-refractivity contribution is 7.80. The summed E-state index contributed by atoms with van der Waals surface area (Å²) in [5, 5.41) is 52.9. The van der Waals surface area contributed by atoms with Gasteiger partial charge in [0.25, 0.3) is 0 Å². The molecule has 7 fully saturated rings. The number of rotatable bonds is 7. The Bertz CT molecular complexity index is 1550. The molecule has 8 rings (SSSR count). The summed E-state index contributed by atoms with van der Waals surface area (Å²) in [7, 11) is -5.11. The number of allylic oxidation sites excluding steroid dienone is 1. The zero-order valence-corrected chi connectivity index (χ0v) is 33.3. The third-order valence-corrected chi connectivity index (χ3v) is 16.2. The Hall–Kier alpha value is -0.830. The highest BCUT2D eigenvalue weighted by atomic mass is 32.3. The number of hydrogen-bond acceptors (Lipinski definition) is 14. The summed E-state index contributed by atoms with van der Waals surface area (Å²) in [6, 6.07) is 0. The maximum absolute atomic E-state index is 11.7. The van der Waals surface area contributed by atoms with Gasteiger partial charge in [-0.15, -0.1) is 0 Å². The lowest BCUT2D eigenvalue weighted by atomic mass is 9.47. The second-order valence-corrected chi connectivity index (χ2v) is 19.8. The van der Waals surface area contributed by atoms with Crippen LogP contribution < -0.4 is 0 Å². The van der Waals surface area contributed by atoms with Gasteiger partial charge in [0.2, 0.25) is 0 Å². The van der Waals surface area contributed by atoms with Crippen molar-refractivity contribution < 1.29 is 71.1 Å². The molecule has 1 spiro atoms. The maximum Gasteiger partial charge on any atom is 0.397 e. The van der Waals surface area contributed by atoms with E-state index in [0.717, 1.165) is 51.6 Å². The molecule has 314 valence electrons. The Morgan fingerprint density at radius 3 is 2.33 bits per heavy atom. The standard InChI is InChI=1S/C39H62O15S/c1-18-8-13-39(48-17-18)19(2)28-26(53-39)15-25-23-7-6-21-14-22(9-11-37(21,4)24(23)10-12-38(25,28)5)50-36-34(52-35-31(43)30(42)29(41)20(3)49-35)32(44)33(27(16-40)51-36)54-55(45,46)47/h6,18-20,22-36,40-44H,7-17H2,1-5H3,(H,45,46,47)/t18-,19+,20+,22+,23+,24-,25+,26+,27-,28+,29+,30-,31-,32+,33-,34-,35+,36-,37+,38+,39-/m1/s1. The molecule has 3 saturated carbocycles. The first-order valence-electron chi connectivity index (χ1n) is 20.5. The molecule has 0 radical (unpaired) electrons. The van der Waals surface area contributed by atoms with Crippen LogP contribution in [0.4, 0.5) is 0 Å². The van der Waals surface area contributed by atoms with Crippen LogP contribution in [0.2, 0.25) is 0 Å². The average Bonchev–Trinajstić information content (AvgIpc) is 3.58. The van der Waals surface area contributed by atoms with Crippen LogP contribution in [0, 0.1) is 46.3 Å². The predicted molar refractivity (Wildman–Crippen MR) is 192 cm³/mol. The number of fused-ring (bicyclic) bond motifs is 7. The number of aliphatic hydroxyl groups excluding tert-OH is 5. The molecule has 0 unspecified atom stereocenters. The van der Waals surface area contributed by atoms with Gasteiger partial charge in [0.1, 0.15) is 42.7 Å². The van der Waals surface area contributed by atoms with Crippen molar-refractivity contribution in [3.8, 4) is 0 Å². The Morgan fingerprint density at radius 1 is 0.873 bits per heavy atom. The van der Waals surface area contributed by atoms with Crippen LogP contribution in [0.5, 0.6) is 0 Å². The molecule has 0 bridgehead atoms. The summed E-state index contributed by atoms with van der Waals surface area (Å²) in [4.78, 5) is 0. The van der Waals surface area contributed by atoms with E-state index in [1.54, 1.807) is 0 Å². The van der Waals surface area contributed by atoms with E-state index in [2.05, 4.69) is 33.8 Å². The molecule has 4 saturated heterocycles. The van der Waals surface area contributed by atoms with E-state index in [9.17, 15) is 38.5 Å². The summed E-state index contributed by atoms with van der Waals surface area (Å²) >= 11 is 0. The largest absolute Gasteiger partial charge is 0.397 e. The quantitative estimate of drug-likeness (QED) is 0.161. The van der Waals surface area contributed by atoms with Crippen LogP contribution in [-0.2, 0) is 43.0 Å². The van der Waals surface area contributed by atoms with Gasteiger partial charge in [-0.25, -0.2) is 4.18 Å². The third kappa shape index (κ3) is 6.89. The fraction of sp³-hybridized carbons (Fsp3) is 0.949. The topological polar surface area (TPSA) is 220 Å². The fourth-order valence-electron chi connectivity index (χ4n) is 12.8. The molecule has 16 heteroatoms. The summed E-state index contributed by atoms with van der Waals surface area (Å²) in [6.45, 7) is 11.0. The first kappa shape index (κ1) is 40.9. The Kier molecular flexibility index (Phi) is 10.9. The molecular formula is C39H62O15S. The molecule has 6 N–H and O–H groups in total. The molecular weight excluding hydrogens is 740 g/mol. The van der Waals surface area contributed by atoms with Gasteiger partial charge >= 0.3 is 10.4 Å². The van der Waals surface area contributed by atoms with Gasteiger partial charge in [-0.3, -0.25) is 4.55 Å². The fourth-order valence-corrected chi connectivity index (χ4v) is 13.3. The van der Waals surface area contributed by atoms with E-state index in [-0.39, 0.29) is 16.9 Å². The first-order valence-corrected chi connectivity index (χ1v) is 21.9. The van der Waals surface area contributed by atoms with Crippen molar-refractivity contribution in [1.82, 2.24) is 0 Å². The highest BCUT2D eigenvalue weighted by Gasteiger charge is 2.69. The Balaban J connectivity index is 0.985. The third-order valence-electron chi connectivity index (χ3n) is 15.8. The number of hydrogen-bond donors (Lipinski definition) is 6. The lowest BCUT2D eigenvalue weighted by molar-refractivity contribution is -0.368. The van der Waals surface area contributed by atoms with Crippen LogP contribution >= 0.6 is 0 Å². The molecule has 0 aromatic rings. The van der Waals surface area contributed by atoms with Crippen LogP contribution in [0.3, 0.4) is 0 Å². The van der Waals surface area contributed by atoms with E-state index >= 15 is 0 Å². The van der Waals surface area contributed by atoms with Gasteiger partial charge in [0, 0.05) is 12.3 Å². The zero-order valence-electron chi connectivity index (χ0n) is 32.5. The van der Waals surface area contributed by atoms with Crippen LogP contribution in [0.15, 0.2) is 11.6 Å². The second kappa shape index (κ2) is 14.7. The summed E-state index contributed by atoms with van der Waals surface area (Å²) in [6.07, 6.45) is -4.64. The van der Waals surface area contributed by atoms with E-state index in [1.165, 1.54) is 12.5 Å². The number of ether oxygens (including phenoxy) is 6. The van der Waals surface area contributed by atoms with Gasteiger partial charge in [0.15, 0.2) is 18.4 Å². The zero-order chi connectivity index (χ0) is 39.4. The summed E-state index contributed by atoms with van der Waals surface area (Å²) in [5.74, 6) is 2.59. The van der Waals surface area contributed by atoms with E-state index in [0.29, 0.717) is 48.3 Å². The normalized spacial score (nSPS) is 55.3. The van der Waals surface area contributed by atoms with Crippen LogP contribution in [0.25, 0.3) is 0 Å². The van der Waals surface area contributed by atoms with E-state index in [1.807, 2.05) is 0 Å². The van der Waals surface area contributed by atoms with Gasteiger partial charge in [-0.2, -0.15) is 8.42 Å². The molecule has 4 aliphatic heterocycles. The van der Waals surface area contributed by atoms with Gasteiger partial charge in [-0.05, 0) is 98.7 Å². The van der Waals surface area contributed by atoms with Crippen molar-refractivity contribution in [2.24, 2.45) is 46.3 Å². The minimum Gasteiger partial charge on any atom is -0.394 e. The molecule has 55 heavy (non-hydrogen) atoms. The SMILES string of the molecule is C[C@@H]1CC[C@@]2(OC1)O[C@H]1C[C@H]3[C@H]4CC=C5C[C@@H](O[C@@H]6O[C@H](CO)[C@@H](OS(=O)(=O)O)[C@H](O)[C@H]6O[C@@H]6O[C@@H](C)[C@H](O)[C@@H](O)[C@H]6O)CC[C@]5(C)[C@@H]4CC[C@]3(C)[C@H]1[C@@H]2C. The molecule has 8 aliphatic rings. The van der Waals surface area contributed by atoms with Crippen molar-refractivity contribution in [1.29, 1.82) is 0 Å². The lowest BCUT2D eigenvalue weighted by Crippen LogP contribution is -2.65. The summed E-state index contributed by atoms with van der Waals surface area (Å²) < 4.78 is 75.1. The van der Waals surface area contributed by atoms with Crippen molar-refractivity contribution in [3.63, 3.8) is 0 Å². The Labute approximate surface area is 323 Å². The van der Waals surface area contributed by atoms with Crippen molar-refractivity contribution in [2.45, 2.75) is 172 Å². The van der Waals surface area contributed by atoms with Crippen LogP contribution in [-0.4, -0.2) is 131 Å². The lowest BCUT2D eigenvalue weighted by Gasteiger charge is -2.58. The van der Waals surface area contributed by atoms with E-state index < -0.39 is 90.3 Å². The molecule has 4 aliphatic carbocycles. The minimum absolute atomic E-state index is 0.0316. The second-order valence-electron chi connectivity index (χ2n) is 18.8. The van der Waals surface area contributed by atoms with Gasteiger partial charge in [-0.1, -0.05) is 39.3 Å². The molecule has 0 amide bonds. The first-order chi connectivity index (χ1) is 25.9. The monoisotopic (exact) mass is 802 g/mol. The van der Waals surface area contributed by atoms with Crippen molar-refractivity contribution >= 4 is 10.4 Å². The minimum atomic E-state index is -5.11. The molecule has 15 nitrogen and oxygen atoms in total. The number of aliphatic hydroxyl groups is 5. The highest BCUT2D eigenvalue weighted by Crippen LogP contribution is 2.70. The van der Waals surface area contributed by atoms with Crippen molar-refractivity contribution in [3.05, 3.63) is 11.6 Å². The average molecular weight is 803 g/mol.